The lowest BCUT2D eigenvalue weighted by atomic mass is 9.99. The Kier molecular flexibility index (Phi) is 82.1. The Labute approximate surface area is 677 Å². The third-order valence-corrected chi connectivity index (χ3v) is 23.8. The van der Waals surface area contributed by atoms with E-state index in [1.165, 1.54) is 321 Å². The zero-order chi connectivity index (χ0) is 80.4. The second kappa shape index (κ2) is 83.5. The highest BCUT2D eigenvalue weighted by atomic mass is 31.2. The quantitative estimate of drug-likeness (QED) is 0.0222. The van der Waals surface area contributed by atoms with Gasteiger partial charge in [-0.3, -0.25) is 37.3 Å². The maximum absolute atomic E-state index is 13.2. The highest BCUT2D eigenvalue weighted by molar-refractivity contribution is 7.47. The molecule has 0 rings (SSSR count). The molecule has 0 saturated carbocycles. The van der Waals surface area contributed by atoms with Crippen LogP contribution in [0.4, 0.5) is 0 Å². The number of carbonyl (C=O) groups is 4. The Morgan fingerprint density at radius 3 is 0.645 bits per heavy atom. The predicted octanol–water partition coefficient (Wildman–Crippen LogP) is 28.3. The number of aliphatic hydroxyl groups excluding tert-OH is 1. The lowest BCUT2D eigenvalue weighted by Crippen LogP contribution is -2.30. The minimum Gasteiger partial charge on any atom is -0.462 e. The standard InChI is InChI=1S/C91H178O17P2/c1-6-10-13-16-19-22-24-26-28-30-32-33-35-39-43-47-51-55-60-65-70-75-89(94)102-81-87(108-91(96)77-72-67-62-57-53-49-45-41-37-36-38-42-46-50-54-58-63-68-73-84(5)9-4)83-106-110(99,100)104-79-85(92)78-103-109(97,98)105-82-86(80-101-88(93)74-69-64-59-21-18-15-12-8-3)107-90(95)76-71-66-61-56-52-48-44-40-34-31-29-27-25-23-20-17-14-11-7-2/h84-87,92H,6-83H2,1-5H3,(H,97,98)(H,99,100)/t84?,85-,86+,87+/m0/s1. The van der Waals surface area contributed by atoms with Crippen LogP contribution in [0.3, 0.4) is 0 Å². The van der Waals surface area contributed by atoms with Gasteiger partial charge in [-0.25, -0.2) is 9.13 Å². The summed E-state index contributed by atoms with van der Waals surface area (Å²) >= 11 is 0. The molecule has 0 amide bonds. The van der Waals surface area contributed by atoms with Crippen molar-refractivity contribution in [1.29, 1.82) is 0 Å². The monoisotopic (exact) mass is 1610 g/mol. The second-order valence-electron chi connectivity index (χ2n) is 32.9. The first-order valence-electron chi connectivity index (χ1n) is 47.2. The van der Waals surface area contributed by atoms with Crippen molar-refractivity contribution in [3.8, 4) is 0 Å². The van der Waals surface area contributed by atoms with Gasteiger partial charge in [-0.2, -0.15) is 0 Å². The summed E-state index contributed by atoms with van der Waals surface area (Å²) in [4.78, 5) is 73.3. The van der Waals surface area contributed by atoms with E-state index in [-0.39, 0.29) is 25.7 Å². The van der Waals surface area contributed by atoms with E-state index in [9.17, 15) is 43.2 Å². The number of aliphatic hydroxyl groups is 1. The van der Waals surface area contributed by atoms with Gasteiger partial charge in [0.15, 0.2) is 12.2 Å². The average molecular weight is 1610 g/mol. The van der Waals surface area contributed by atoms with Crippen LogP contribution in [0, 0.1) is 5.92 Å². The Hall–Kier alpha value is -1.94. The molecule has 0 aromatic rings. The van der Waals surface area contributed by atoms with E-state index in [0.29, 0.717) is 25.7 Å². The fraction of sp³-hybridized carbons (Fsp3) is 0.956. The number of ether oxygens (including phenoxy) is 4. The number of rotatable bonds is 91. The van der Waals surface area contributed by atoms with Gasteiger partial charge in [-0.05, 0) is 31.6 Å². The van der Waals surface area contributed by atoms with Crippen LogP contribution in [0.15, 0.2) is 0 Å². The van der Waals surface area contributed by atoms with Crippen LogP contribution in [0.2, 0.25) is 0 Å². The minimum atomic E-state index is -4.97. The number of hydrogen-bond acceptors (Lipinski definition) is 15. The molecule has 110 heavy (non-hydrogen) atoms. The van der Waals surface area contributed by atoms with Crippen molar-refractivity contribution < 1.29 is 80.2 Å². The molecular weight excluding hydrogens is 1430 g/mol. The maximum atomic E-state index is 13.2. The largest absolute Gasteiger partial charge is 0.472 e. The molecule has 0 bridgehead atoms. The number of esters is 4. The summed E-state index contributed by atoms with van der Waals surface area (Å²) in [5.74, 6) is -1.23. The van der Waals surface area contributed by atoms with Crippen molar-refractivity contribution in [2.75, 3.05) is 39.6 Å². The predicted molar refractivity (Wildman–Crippen MR) is 455 cm³/mol. The van der Waals surface area contributed by atoms with Gasteiger partial charge in [0.2, 0.25) is 0 Å². The summed E-state index contributed by atoms with van der Waals surface area (Å²) in [6.07, 6.45) is 79.4. The van der Waals surface area contributed by atoms with Crippen LogP contribution in [0.25, 0.3) is 0 Å². The smallest absolute Gasteiger partial charge is 0.462 e. The molecule has 19 heteroatoms. The maximum Gasteiger partial charge on any atom is 0.472 e. The first kappa shape index (κ1) is 108. The fourth-order valence-corrected chi connectivity index (χ4v) is 15.9. The third-order valence-electron chi connectivity index (χ3n) is 21.9. The summed E-state index contributed by atoms with van der Waals surface area (Å²) < 4.78 is 69.0. The van der Waals surface area contributed by atoms with E-state index in [2.05, 4.69) is 34.6 Å². The molecule has 0 heterocycles. The molecule has 0 spiro atoms. The molecule has 3 N–H and O–H groups in total. The van der Waals surface area contributed by atoms with Crippen molar-refractivity contribution in [2.24, 2.45) is 5.92 Å². The second-order valence-corrected chi connectivity index (χ2v) is 35.8. The van der Waals surface area contributed by atoms with E-state index in [1.54, 1.807) is 0 Å². The summed E-state index contributed by atoms with van der Waals surface area (Å²) in [5, 5.41) is 10.7. The molecule has 0 aromatic heterocycles. The first-order chi connectivity index (χ1) is 53.6. The summed E-state index contributed by atoms with van der Waals surface area (Å²) in [7, 11) is -9.93. The number of phosphoric ester groups is 2. The summed E-state index contributed by atoms with van der Waals surface area (Å²) in [6, 6.07) is 0. The fourth-order valence-electron chi connectivity index (χ4n) is 14.3. The van der Waals surface area contributed by atoms with Gasteiger partial charge in [-0.1, -0.05) is 446 Å². The minimum absolute atomic E-state index is 0.109. The van der Waals surface area contributed by atoms with E-state index in [4.69, 9.17) is 37.0 Å². The van der Waals surface area contributed by atoms with Gasteiger partial charge in [-0.15, -0.1) is 0 Å². The van der Waals surface area contributed by atoms with Gasteiger partial charge < -0.3 is 33.8 Å². The molecule has 6 atom stereocenters. The SMILES string of the molecule is CCCCCCCCCCCCCCCCCCCCCCCC(=O)OC[C@H](COP(=O)(O)OC[C@@H](O)COP(=O)(O)OC[C@@H](COC(=O)CCCCCCCCCC)OC(=O)CCCCCCCCCCCCCCCCCCCCC)OC(=O)CCCCCCCCCCCCCCCCCCCCC(C)CC. The molecule has 0 aromatic carbocycles. The average Bonchev–Trinajstić information content (AvgIpc) is 0.900. The molecule has 654 valence electrons. The Morgan fingerprint density at radius 2 is 0.436 bits per heavy atom. The number of unbranched alkanes of at least 4 members (excludes halogenated alkanes) is 62. The van der Waals surface area contributed by atoms with Gasteiger partial charge in [0, 0.05) is 25.7 Å². The van der Waals surface area contributed by atoms with E-state index < -0.39 is 97.5 Å². The van der Waals surface area contributed by atoms with Gasteiger partial charge in [0.1, 0.15) is 19.3 Å². The van der Waals surface area contributed by atoms with Crippen molar-refractivity contribution in [2.45, 2.75) is 515 Å². The van der Waals surface area contributed by atoms with Crippen LogP contribution in [-0.2, 0) is 65.4 Å². The lowest BCUT2D eigenvalue weighted by molar-refractivity contribution is -0.161. The highest BCUT2D eigenvalue weighted by Gasteiger charge is 2.31. The zero-order valence-electron chi connectivity index (χ0n) is 72.4. The molecule has 0 radical (unpaired) electrons. The normalized spacial score (nSPS) is 13.9. The first-order valence-corrected chi connectivity index (χ1v) is 50.2. The van der Waals surface area contributed by atoms with Crippen molar-refractivity contribution in [1.82, 2.24) is 0 Å². The van der Waals surface area contributed by atoms with Crippen LogP contribution < -0.4 is 0 Å². The Bertz CT molecular complexity index is 2080. The molecular formula is C91H178O17P2. The van der Waals surface area contributed by atoms with E-state index in [0.717, 1.165) is 95.8 Å². The molecule has 0 aliphatic carbocycles. The summed E-state index contributed by atoms with van der Waals surface area (Å²) in [6.45, 7) is 7.43. The molecule has 3 unspecified atom stereocenters. The third kappa shape index (κ3) is 82.6. The topological polar surface area (TPSA) is 237 Å². The summed E-state index contributed by atoms with van der Waals surface area (Å²) in [5.41, 5.74) is 0. The van der Waals surface area contributed by atoms with Crippen molar-refractivity contribution in [3.05, 3.63) is 0 Å². The Balaban J connectivity index is 5.17. The molecule has 0 aliphatic rings. The molecule has 0 saturated heterocycles. The van der Waals surface area contributed by atoms with Crippen LogP contribution in [0.5, 0.6) is 0 Å². The van der Waals surface area contributed by atoms with E-state index in [1.807, 2.05) is 0 Å². The van der Waals surface area contributed by atoms with Crippen LogP contribution >= 0.6 is 15.6 Å². The number of carbonyl (C=O) groups excluding carboxylic acids is 4. The molecule has 0 fully saturated rings. The van der Waals surface area contributed by atoms with Crippen LogP contribution in [-0.4, -0.2) is 96.7 Å². The Morgan fingerprint density at radius 1 is 0.255 bits per heavy atom. The van der Waals surface area contributed by atoms with Crippen molar-refractivity contribution in [3.63, 3.8) is 0 Å². The van der Waals surface area contributed by atoms with Gasteiger partial charge in [0.05, 0.1) is 26.4 Å². The van der Waals surface area contributed by atoms with Crippen LogP contribution in [0.1, 0.15) is 497 Å². The molecule has 0 aliphatic heterocycles. The lowest BCUT2D eigenvalue weighted by Gasteiger charge is -2.21. The van der Waals surface area contributed by atoms with Gasteiger partial charge >= 0.3 is 39.5 Å². The number of phosphoric acid groups is 2. The molecule has 17 nitrogen and oxygen atoms in total. The van der Waals surface area contributed by atoms with E-state index >= 15 is 0 Å². The zero-order valence-corrected chi connectivity index (χ0v) is 74.2. The number of hydrogen-bond donors (Lipinski definition) is 3. The van der Waals surface area contributed by atoms with Crippen molar-refractivity contribution >= 4 is 39.5 Å². The highest BCUT2D eigenvalue weighted by Crippen LogP contribution is 2.45. The van der Waals surface area contributed by atoms with Gasteiger partial charge in [0.25, 0.3) is 0 Å².